The molecule has 2 aromatic carbocycles. The summed E-state index contributed by atoms with van der Waals surface area (Å²) in [6, 6.07) is 11.5. The largest absolute Gasteiger partial charge is 0.493 e. The van der Waals surface area contributed by atoms with Crippen LogP contribution in [0.5, 0.6) is 11.5 Å². The van der Waals surface area contributed by atoms with Gasteiger partial charge in [0.25, 0.3) is 0 Å². The van der Waals surface area contributed by atoms with Gasteiger partial charge in [-0.2, -0.15) is 0 Å². The first-order valence-electron chi connectivity index (χ1n) is 5.93. The highest BCUT2D eigenvalue weighted by Crippen LogP contribution is 2.37. The standard InChI is InChI=1S/C15H13Br2ClO2/c1-19-14-7-11(8-16)6-13(17)15(14)20-9-10-2-4-12(18)5-3-10/h2-7H,8-9H2,1H3. The van der Waals surface area contributed by atoms with Crippen LogP contribution in [0.3, 0.4) is 0 Å². The minimum atomic E-state index is 0.458. The SMILES string of the molecule is COc1cc(CBr)cc(Br)c1OCc1ccc(Cl)cc1. The highest BCUT2D eigenvalue weighted by Gasteiger charge is 2.11. The van der Waals surface area contributed by atoms with Gasteiger partial charge in [-0.1, -0.05) is 39.7 Å². The second kappa shape index (κ2) is 7.34. The first-order chi connectivity index (χ1) is 9.63. The van der Waals surface area contributed by atoms with Crippen molar-refractivity contribution >= 4 is 43.5 Å². The van der Waals surface area contributed by atoms with E-state index in [2.05, 4.69) is 31.9 Å². The zero-order chi connectivity index (χ0) is 14.5. The van der Waals surface area contributed by atoms with Crippen molar-refractivity contribution in [3.05, 3.63) is 57.0 Å². The summed E-state index contributed by atoms with van der Waals surface area (Å²) in [5.74, 6) is 1.41. The molecule has 0 unspecified atom stereocenters. The molecule has 0 aliphatic rings. The summed E-state index contributed by atoms with van der Waals surface area (Å²) in [7, 11) is 1.63. The summed E-state index contributed by atoms with van der Waals surface area (Å²) in [5, 5.41) is 1.48. The summed E-state index contributed by atoms with van der Waals surface area (Å²) >= 11 is 12.8. The van der Waals surface area contributed by atoms with E-state index in [0.29, 0.717) is 23.1 Å². The highest BCUT2D eigenvalue weighted by molar-refractivity contribution is 9.10. The maximum Gasteiger partial charge on any atom is 0.175 e. The molecule has 2 aromatic rings. The summed E-state index contributed by atoms with van der Waals surface area (Å²) < 4.78 is 12.1. The second-order valence-electron chi connectivity index (χ2n) is 4.16. The van der Waals surface area contributed by atoms with E-state index in [1.54, 1.807) is 7.11 Å². The Bertz CT molecular complexity index is 585. The van der Waals surface area contributed by atoms with Crippen LogP contribution in [-0.2, 0) is 11.9 Å². The molecule has 0 fully saturated rings. The zero-order valence-corrected chi connectivity index (χ0v) is 14.8. The average molecular weight is 421 g/mol. The topological polar surface area (TPSA) is 18.5 Å². The number of methoxy groups -OCH3 is 1. The molecule has 2 nitrogen and oxygen atoms in total. The van der Waals surface area contributed by atoms with E-state index >= 15 is 0 Å². The molecule has 0 amide bonds. The fourth-order valence-corrected chi connectivity index (χ4v) is 2.78. The van der Waals surface area contributed by atoms with Gasteiger partial charge in [-0.05, 0) is 51.3 Å². The fraction of sp³-hybridized carbons (Fsp3) is 0.200. The Balaban J connectivity index is 2.18. The van der Waals surface area contributed by atoms with Crippen molar-refractivity contribution in [1.29, 1.82) is 0 Å². The van der Waals surface area contributed by atoms with Gasteiger partial charge in [0.2, 0.25) is 0 Å². The van der Waals surface area contributed by atoms with Crippen LogP contribution in [0.15, 0.2) is 40.9 Å². The van der Waals surface area contributed by atoms with Gasteiger partial charge in [-0.15, -0.1) is 0 Å². The van der Waals surface area contributed by atoms with E-state index in [-0.39, 0.29) is 0 Å². The lowest BCUT2D eigenvalue weighted by atomic mass is 10.2. The zero-order valence-electron chi connectivity index (χ0n) is 10.8. The number of ether oxygens (including phenoxy) is 2. The first-order valence-corrected chi connectivity index (χ1v) is 8.23. The van der Waals surface area contributed by atoms with Crippen molar-refractivity contribution in [2.75, 3.05) is 7.11 Å². The third-order valence-corrected chi connectivity index (χ3v) is 4.23. The van der Waals surface area contributed by atoms with Crippen LogP contribution in [0.1, 0.15) is 11.1 Å². The van der Waals surface area contributed by atoms with Crippen LogP contribution in [0.25, 0.3) is 0 Å². The third kappa shape index (κ3) is 3.90. The summed E-state index contributed by atoms with van der Waals surface area (Å²) in [6.07, 6.45) is 0. The molecule has 106 valence electrons. The van der Waals surface area contributed by atoms with Gasteiger partial charge < -0.3 is 9.47 Å². The first kappa shape index (κ1) is 15.7. The van der Waals surface area contributed by atoms with Gasteiger partial charge in [0.15, 0.2) is 11.5 Å². The predicted molar refractivity (Wildman–Crippen MR) is 89.1 cm³/mol. The Kier molecular flexibility index (Phi) is 5.75. The average Bonchev–Trinajstić information content (AvgIpc) is 2.47. The van der Waals surface area contributed by atoms with Gasteiger partial charge >= 0.3 is 0 Å². The lowest BCUT2D eigenvalue weighted by Gasteiger charge is -2.14. The molecule has 0 heterocycles. The lowest BCUT2D eigenvalue weighted by Crippen LogP contribution is -1.99. The molecule has 0 saturated heterocycles. The molecule has 0 N–H and O–H groups in total. The normalized spacial score (nSPS) is 10.4. The van der Waals surface area contributed by atoms with E-state index in [0.717, 1.165) is 20.9 Å². The number of benzene rings is 2. The molecule has 0 aliphatic heterocycles. The fourth-order valence-electron chi connectivity index (χ4n) is 1.73. The van der Waals surface area contributed by atoms with E-state index in [4.69, 9.17) is 21.1 Å². The number of alkyl halides is 1. The summed E-state index contributed by atoms with van der Waals surface area (Å²) in [6.45, 7) is 0.458. The molecule has 2 rings (SSSR count). The van der Waals surface area contributed by atoms with E-state index in [1.165, 1.54) is 0 Å². The Labute approximate surface area is 140 Å². The molecule has 0 aromatic heterocycles. The van der Waals surface area contributed by atoms with Crippen LogP contribution in [0.4, 0.5) is 0 Å². The Morgan fingerprint density at radius 1 is 1.10 bits per heavy atom. The van der Waals surface area contributed by atoms with Crippen molar-refractivity contribution in [1.82, 2.24) is 0 Å². The van der Waals surface area contributed by atoms with Crippen molar-refractivity contribution < 1.29 is 9.47 Å². The quantitative estimate of drug-likeness (QED) is 0.588. The maximum absolute atomic E-state index is 5.86. The minimum absolute atomic E-state index is 0.458. The van der Waals surface area contributed by atoms with Gasteiger partial charge in [0.1, 0.15) is 6.61 Å². The van der Waals surface area contributed by atoms with Crippen molar-refractivity contribution in [2.24, 2.45) is 0 Å². The Hall–Kier alpha value is -0.710. The van der Waals surface area contributed by atoms with Crippen LogP contribution in [0.2, 0.25) is 5.02 Å². The van der Waals surface area contributed by atoms with Crippen molar-refractivity contribution in [3.63, 3.8) is 0 Å². The highest BCUT2D eigenvalue weighted by atomic mass is 79.9. The molecule has 0 bridgehead atoms. The third-order valence-electron chi connectivity index (χ3n) is 2.74. The van der Waals surface area contributed by atoms with Gasteiger partial charge in [-0.3, -0.25) is 0 Å². The molecular weight excluding hydrogens is 407 g/mol. The maximum atomic E-state index is 5.86. The predicted octanol–water partition coefficient (Wildman–Crippen LogP) is 5.59. The van der Waals surface area contributed by atoms with E-state index in [1.807, 2.05) is 36.4 Å². The smallest absolute Gasteiger partial charge is 0.175 e. The second-order valence-corrected chi connectivity index (χ2v) is 6.01. The van der Waals surface area contributed by atoms with Crippen LogP contribution >= 0.6 is 43.5 Å². The van der Waals surface area contributed by atoms with Crippen LogP contribution in [0, 0.1) is 0 Å². The molecule has 20 heavy (non-hydrogen) atoms. The molecule has 0 spiro atoms. The summed E-state index contributed by atoms with van der Waals surface area (Å²) in [4.78, 5) is 0. The van der Waals surface area contributed by atoms with E-state index in [9.17, 15) is 0 Å². The molecule has 0 radical (unpaired) electrons. The molecule has 0 atom stereocenters. The van der Waals surface area contributed by atoms with E-state index < -0.39 is 0 Å². The Morgan fingerprint density at radius 3 is 2.40 bits per heavy atom. The number of hydrogen-bond donors (Lipinski definition) is 0. The van der Waals surface area contributed by atoms with Gasteiger partial charge in [-0.25, -0.2) is 0 Å². The number of rotatable bonds is 5. The Morgan fingerprint density at radius 2 is 1.80 bits per heavy atom. The van der Waals surface area contributed by atoms with Crippen LogP contribution < -0.4 is 9.47 Å². The number of hydrogen-bond acceptors (Lipinski definition) is 2. The monoisotopic (exact) mass is 418 g/mol. The van der Waals surface area contributed by atoms with Gasteiger partial charge in [0, 0.05) is 10.4 Å². The molecule has 0 saturated carbocycles. The van der Waals surface area contributed by atoms with Gasteiger partial charge in [0.05, 0.1) is 11.6 Å². The summed E-state index contributed by atoms with van der Waals surface area (Å²) in [5.41, 5.74) is 2.17. The molecular formula is C15H13Br2ClO2. The minimum Gasteiger partial charge on any atom is -0.493 e. The van der Waals surface area contributed by atoms with Crippen molar-refractivity contribution in [2.45, 2.75) is 11.9 Å². The van der Waals surface area contributed by atoms with Crippen molar-refractivity contribution in [3.8, 4) is 11.5 Å². The van der Waals surface area contributed by atoms with Crippen LogP contribution in [-0.4, -0.2) is 7.11 Å². The number of halogens is 3. The lowest BCUT2D eigenvalue weighted by molar-refractivity contribution is 0.282. The molecule has 0 aliphatic carbocycles. The molecule has 5 heteroatoms.